The van der Waals surface area contributed by atoms with E-state index >= 15 is 0 Å². The van der Waals surface area contributed by atoms with E-state index < -0.39 is 0 Å². The Morgan fingerprint density at radius 2 is 1.69 bits per heavy atom. The molecule has 5 rings (SSSR count). The maximum Gasteiger partial charge on any atom is 0.254 e. The normalized spacial score (nSPS) is 20.0. The predicted molar refractivity (Wildman–Crippen MR) is 128 cm³/mol. The highest BCUT2D eigenvalue weighted by Gasteiger charge is 2.36. The molecule has 0 bridgehead atoms. The van der Waals surface area contributed by atoms with Gasteiger partial charge in [-0.2, -0.15) is 0 Å². The molecule has 3 heterocycles. The summed E-state index contributed by atoms with van der Waals surface area (Å²) in [7, 11) is 0. The Hall–Kier alpha value is -2.73. The molecule has 0 aliphatic carbocycles. The number of nitrogens with zero attached hydrogens (tertiary/aromatic N) is 3. The van der Waals surface area contributed by atoms with Crippen molar-refractivity contribution >= 4 is 33.4 Å². The molecule has 2 saturated heterocycles. The number of rotatable bonds is 3. The Labute approximate surface area is 193 Å². The second kappa shape index (κ2) is 9.02. The molecule has 32 heavy (non-hydrogen) atoms. The zero-order chi connectivity index (χ0) is 22.1. The van der Waals surface area contributed by atoms with Gasteiger partial charge in [0.25, 0.3) is 5.91 Å². The van der Waals surface area contributed by atoms with E-state index in [2.05, 4.69) is 11.0 Å². The maximum absolute atomic E-state index is 13.6. The predicted octanol–water partition coefficient (Wildman–Crippen LogP) is 5.21. The number of likely N-dealkylation sites (tertiary alicyclic amines) is 2. The van der Waals surface area contributed by atoms with Crippen LogP contribution in [0.4, 0.5) is 0 Å². The average molecular weight is 448 g/mol. The van der Waals surface area contributed by atoms with Gasteiger partial charge in [0.1, 0.15) is 5.01 Å². The van der Waals surface area contributed by atoms with Crippen LogP contribution in [-0.4, -0.2) is 46.2 Å². The fourth-order valence-corrected chi connectivity index (χ4v) is 6.15. The van der Waals surface area contributed by atoms with Gasteiger partial charge in [-0.15, -0.1) is 11.3 Å². The first-order valence-corrected chi connectivity index (χ1v) is 12.4. The lowest BCUT2D eigenvalue weighted by Crippen LogP contribution is -2.46. The van der Waals surface area contributed by atoms with Crippen molar-refractivity contribution in [3.63, 3.8) is 0 Å². The van der Waals surface area contributed by atoms with E-state index in [1.54, 1.807) is 11.3 Å². The van der Waals surface area contributed by atoms with E-state index in [9.17, 15) is 9.59 Å². The minimum absolute atomic E-state index is 0.00843. The Morgan fingerprint density at radius 1 is 0.938 bits per heavy atom. The summed E-state index contributed by atoms with van der Waals surface area (Å²) in [6.07, 6.45) is 4.64. The minimum atomic E-state index is -0.00843. The van der Waals surface area contributed by atoms with Crippen LogP contribution in [0.5, 0.6) is 0 Å². The van der Waals surface area contributed by atoms with Crippen LogP contribution in [0.1, 0.15) is 59.1 Å². The molecule has 6 heteroatoms. The van der Waals surface area contributed by atoms with Crippen LogP contribution in [0.2, 0.25) is 0 Å². The molecule has 2 amide bonds. The summed E-state index contributed by atoms with van der Waals surface area (Å²) in [5, 5.41) is 1.06. The van der Waals surface area contributed by atoms with Gasteiger partial charge in [0.2, 0.25) is 5.91 Å². The summed E-state index contributed by atoms with van der Waals surface area (Å²) in [6.45, 7) is 4.07. The second-order valence-electron chi connectivity index (χ2n) is 8.94. The molecule has 3 aromatic rings. The van der Waals surface area contributed by atoms with Crippen molar-refractivity contribution in [1.29, 1.82) is 0 Å². The standard InChI is InChI=1S/C26H29N3O2S/c1-18-8-2-3-9-20(18)26(31)28-16-13-19(14-17-28)25(30)29-15-7-6-11-22(29)24-27-21-10-4-5-12-23(21)32-24/h2-5,8-10,12,19,22H,6-7,11,13-17H2,1H3/t22-/m1/s1. The molecule has 0 saturated carbocycles. The molecule has 2 aromatic carbocycles. The number of aryl methyl sites for hydroxylation is 1. The lowest BCUT2D eigenvalue weighted by Gasteiger charge is -2.39. The van der Waals surface area contributed by atoms with Crippen molar-refractivity contribution in [2.45, 2.75) is 45.1 Å². The van der Waals surface area contributed by atoms with Gasteiger partial charge < -0.3 is 9.80 Å². The second-order valence-corrected chi connectivity index (χ2v) is 10.0. The zero-order valence-corrected chi connectivity index (χ0v) is 19.3. The highest BCUT2D eigenvalue weighted by atomic mass is 32.1. The van der Waals surface area contributed by atoms with Crippen LogP contribution in [0, 0.1) is 12.8 Å². The van der Waals surface area contributed by atoms with Gasteiger partial charge in [0.05, 0.1) is 16.3 Å². The number of thiazole rings is 1. The van der Waals surface area contributed by atoms with Gasteiger partial charge in [-0.25, -0.2) is 4.98 Å². The molecule has 0 N–H and O–H groups in total. The SMILES string of the molecule is Cc1ccccc1C(=O)N1CCC(C(=O)N2CCCC[C@@H]2c2nc3ccccc3s2)CC1. The molecule has 2 aliphatic rings. The van der Waals surface area contributed by atoms with Gasteiger partial charge in [-0.1, -0.05) is 30.3 Å². The number of amides is 2. The van der Waals surface area contributed by atoms with E-state index in [-0.39, 0.29) is 23.8 Å². The summed E-state index contributed by atoms with van der Waals surface area (Å²) in [5.41, 5.74) is 2.79. The van der Waals surface area contributed by atoms with Crippen molar-refractivity contribution in [2.24, 2.45) is 5.92 Å². The maximum atomic E-state index is 13.6. The van der Waals surface area contributed by atoms with Crippen LogP contribution in [-0.2, 0) is 4.79 Å². The van der Waals surface area contributed by atoms with Crippen molar-refractivity contribution in [3.8, 4) is 0 Å². The van der Waals surface area contributed by atoms with Crippen LogP contribution >= 0.6 is 11.3 Å². The number of carbonyl (C=O) groups is 2. The summed E-state index contributed by atoms with van der Waals surface area (Å²) in [6, 6.07) is 16.0. The first-order chi connectivity index (χ1) is 15.6. The quantitative estimate of drug-likeness (QED) is 0.554. The lowest BCUT2D eigenvalue weighted by atomic mass is 9.92. The third-order valence-electron chi connectivity index (χ3n) is 6.89. The highest BCUT2D eigenvalue weighted by molar-refractivity contribution is 7.18. The summed E-state index contributed by atoms with van der Waals surface area (Å²) < 4.78 is 1.18. The van der Waals surface area contributed by atoms with E-state index in [4.69, 9.17) is 4.98 Å². The molecular weight excluding hydrogens is 418 g/mol. The fourth-order valence-electron chi connectivity index (χ4n) is 5.03. The molecule has 0 spiro atoms. The molecule has 166 valence electrons. The minimum Gasteiger partial charge on any atom is -0.339 e. The molecule has 1 atom stereocenters. The fraction of sp³-hybridized carbons (Fsp3) is 0.423. The molecule has 2 aliphatic heterocycles. The summed E-state index contributed by atoms with van der Waals surface area (Å²) in [5.74, 6) is 0.321. The molecular formula is C26H29N3O2S. The van der Waals surface area contributed by atoms with E-state index in [1.807, 2.05) is 54.3 Å². The van der Waals surface area contributed by atoms with Gasteiger partial charge in [0, 0.05) is 31.1 Å². The first-order valence-electron chi connectivity index (χ1n) is 11.6. The number of aromatic nitrogens is 1. The smallest absolute Gasteiger partial charge is 0.254 e. The van der Waals surface area contributed by atoms with Gasteiger partial charge in [-0.3, -0.25) is 9.59 Å². The van der Waals surface area contributed by atoms with Crippen LogP contribution < -0.4 is 0 Å². The monoisotopic (exact) mass is 447 g/mol. The third kappa shape index (κ3) is 4.04. The third-order valence-corrected chi connectivity index (χ3v) is 8.03. The van der Waals surface area contributed by atoms with Crippen LogP contribution in [0.15, 0.2) is 48.5 Å². The Balaban J connectivity index is 1.27. The molecule has 5 nitrogen and oxygen atoms in total. The summed E-state index contributed by atoms with van der Waals surface area (Å²) >= 11 is 1.72. The number of piperidine rings is 2. The number of benzene rings is 2. The van der Waals surface area contributed by atoms with Gasteiger partial charge >= 0.3 is 0 Å². The summed E-state index contributed by atoms with van der Waals surface area (Å²) in [4.78, 5) is 35.4. The van der Waals surface area contributed by atoms with E-state index in [0.717, 1.165) is 60.3 Å². The van der Waals surface area contributed by atoms with Gasteiger partial charge in [0.15, 0.2) is 0 Å². The molecule has 0 radical (unpaired) electrons. The molecule has 0 unspecified atom stereocenters. The number of hydrogen-bond acceptors (Lipinski definition) is 4. The number of para-hydroxylation sites is 1. The van der Waals surface area contributed by atoms with Crippen molar-refractivity contribution in [3.05, 3.63) is 64.7 Å². The van der Waals surface area contributed by atoms with Crippen molar-refractivity contribution in [2.75, 3.05) is 19.6 Å². The van der Waals surface area contributed by atoms with Gasteiger partial charge in [-0.05, 0) is 62.8 Å². The van der Waals surface area contributed by atoms with E-state index in [0.29, 0.717) is 13.1 Å². The van der Waals surface area contributed by atoms with E-state index in [1.165, 1.54) is 4.70 Å². The number of hydrogen-bond donors (Lipinski definition) is 0. The van der Waals surface area contributed by atoms with Crippen molar-refractivity contribution < 1.29 is 9.59 Å². The molecule has 1 aromatic heterocycles. The lowest BCUT2D eigenvalue weighted by molar-refractivity contribution is -0.141. The highest BCUT2D eigenvalue weighted by Crippen LogP contribution is 2.37. The largest absolute Gasteiger partial charge is 0.339 e. The van der Waals surface area contributed by atoms with Crippen LogP contribution in [0.3, 0.4) is 0 Å². The Morgan fingerprint density at radius 3 is 2.47 bits per heavy atom. The van der Waals surface area contributed by atoms with Crippen molar-refractivity contribution in [1.82, 2.24) is 14.8 Å². The Bertz CT molecular complexity index is 1100. The number of fused-ring (bicyclic) bond motifs is 1. The van der Waals surface area contributed by atoms with Crippen LogP contribution in [0.25, 0.3) is 10.2 Å². The topological polar surface area (TPSA) is 53.5 Å². The Kier molecular flexibility index (Phi) is 5.96. The number of carbonyl (C=O) groups excluding carboxylic acids is 2. The zero-order valence-electron chi connectivity index (χ0n) is 18.5. The average Bonchev–Trinajstić information content (AvgIpc) is 3.28. The first kappa shape index (κ1) is 21.1. The molecule has 2 fully saturated rings.